The maximum absolute atomic E-state index is 12.2. The molecular formula is C13H17ClNO2S-. The number of hydrogen-bond donors (Lipinski definition) is 0. The van der Waals surface area contributed by atoms with Gasteiger partial charge in [-0.2, -0.15) is 5.75 Å². The highest BCUT2D eigenvalue weighted by molar-refractivity contribution is 7.58. The molecule has 1 rings (SSSR count). The second kappa shape index (κ2) is 6.34. The van der Waals surface area contributed by atoms with Crippen LogP contribution in [0.25, 0.3) is 0 Å². The summed E-state index contributed by atoms with van der Waals surface area (Å²) in [5.74, 6) is 1.03. The van der Waals surface area contributed by atoms with E-state index < -0.39 is 5.60 Å². The zero-order valence-electron chi connectivity index (χ0n) is 10.8. The SMILES string of the molecule is CN(CC[S-])C(=O)C(C)(C)Oc1ccc(Cl)cc1. The largest absolute Gasteiger partial charge is 0.791 e. The summed E-state index contributed by atoms with van der Waals surface area (Å²) >= 11 is 10.7. The molecule has 100 valence electrons. The van der Waals surface area contributed by atoms with Crippen molar-refractivity contribution in [2.24, 2.45) is 0 Å². The van der Waals surface area contributed by atoms with Crippen LogP contribution in [-0.4, -0.2) is 35.8 Å². The van der Waals surface area contributed by atoms with E-state index in [1.807, 2.05) is 0 Å². The lowest BCUT2D eigenvalue weighted by molar-refractivity contribution is -0.143. The summed E-state index contributed by atoms with van der Waals surface area (Å²) in [6, 6.07) is 6.93. The standard InChI is InChI=1S/C13H18ClNO2S/c1-13(2,12(16)15(3)8-9-18)17-11-6-4-10(14)5-7-11/h4-7,18H,8-9H2,1-3H3/p-1. The van der Waals surface area contributed by atoms with E-state index in [2.05, 4.69) is 0 Å². The molecule has 0 aliphatic carbocycles. The number of nitrogens with zero attached hydrogens (tertiary/aromatic N) is 1. The van der Waals surface area contributed by atoms with E-state index in [-0.39, 0.29) is 5.91 Å². The molecule has 0 aliphatic rings. The molecule has 0 spiro atoms. The van der Waals surface area contributed by atoms with Crippen LogP contribution in [0.4, 0.5) is 0 Å². The van der Waals surface area contributed by atoms with Gasteiger partial charge in [-0.3, -0.25) is 4.79 Å². The van der Waals surface area contributed by atoms with E-state index in [1.165, 1.54) is 0 Å². The zero-order valence-corrected chi connectivity index (χ0v) is 12.3. The van der Waals surface area contributed by atoms with Crippen LogP contribution >= 0.6 is 11.6 Å². The third-order valence-electron chi connectivity index (χ3n) is 2.48. The first-order chi connectivity index (χ1) is 8.36. The summed E-state index contributed by atoms with van der Waals surface area (Å²) < 4.78 is 5.70. The van der Waals surface area contributed by atoms with Crippen molar-refractivity contribution in [3.05, 3.63) is 29.3 Å². The molecule has 0 saturated heterocycles. The van der Waals surface area contributed by atoms with Gasteiger partial charge in [0.05, 0.1) is 0 Å². The molecule has 1 aromatic rings. The fourth-order valence-electron chi connectivity index (χ4n) is 1.54. The van der Waals surface area contributed by atoms with E-state index in [4.69, 9.17) is 29.0 Å². The number of hydrogen-bond acceptors (Lipinski definition) is 3. The number of ether oxygens (including phenoxy) is 1. The molecule has 0 N–H and O–H groups in total. The monoisotopic (exact) mass is 286 g/mol. The fraction of sp³-hybridized carbons (Fsp3) is 0.462. The molecule has 0 aliphatic heterocycles. The number of benzene rings is 1. The highest BCUT2D eigenvalue weighted by Crippen LogP contribution is 2.22. The van der Waals surface area contributed by atoms with Crippen LogP contribution in [0.5, 0.6) is 5.75 Å². The number of likely N-dealkylation sites (N-methyl/N-ethyl adjacent to an activating group) is 1. The third kappa shape index (κ3) is 4.10. The summed E-state index contributed by atoms with van der Waals surface area (Å²) in [4.78, 5) is 13.7. The molecule has 5 heteroatoms. The van der Waals surface area contributed by atoms with Crippen molar-refractivity contribution < 1.29 is 9.53 Å². The van der Waals surface area contributed by atoms with Gasteiger partial charge < -0.3 is 22.3 Å². The molecule has 1 aromatic carbocycles. The normalized spacial score (nSPS) is 11.2. The van der Waals surface area contributed by atoms with Crippen LogP contribution in [0.15, 0.2) is 24.3 Å². The van der Waals surface area contributed by atoms with Crippen molar-refractivity contribution >= 4 is 30.1 Å². The van der Waals surface area contributed by atoms with Gasteiger partial charge in [0.2, 0.25) is 0 Å². The Labute approximate surface area is 118 Å². The number of rotatable bonds is 5. The Morgan fingerprint density at radius 3 is 2.44 bits per heavy atom. The second-order valence-electron chi connectivity index (χ2n) is 4.50. The highest BCUT2D eigenvalue weighted by atomic mass is 35.5. The van der Waals surface area contributed by atoms with Crippen LogP contribution in [0, 0.1) is 0 Å². The average Bonchev–Trinajstić information content (AvgIpc) is 2.31. The lowest BCUT2D eigenvalue weighted by atomic mass is 10.1. The summed E-state index contributed by atoms with van der Waals surface area (Å²) in [7, 11) is 1.72. The van der Waals surface area contributed by atoms with Gasteiger partial charge in [-0.05, 0) is 44.7 Å². The molecule has 0 heterocycles. The van der Waals surface area contributed by atoms with Crippen LogP contribution in [0.1, 0.15) is 13.8 Å². The van der Waals surface area contributed by atoms with Crippen LogP contribution < -0.4 is 4.74 Å². The second-order valence-corrected chi connectivity index (χ2v) is 5.34. The summed E-state index contributed by atoms with van der Waals surface area (Å²) in [6.45, 7) is 4.02. The Morgan fingerprint density at radius 1 is 1.39 bits per heavy atom. The van der Waals surface area contributed by atoms with Gasteiger partial charge in [0.25, 0.3) is 5.91 Å². The van der Waals surface area contributed by atoms with Gasteiger partial charge in [0.1, 0.15) is 5.75 Å². The van der Waals surface area contributed by atoms with Gasteiger partial charge in [0.15, 0.2) is 5.60 Å². The maximum Gasteiger partial charge on any atom is 0.265 e. The minimum Gasteiger partial charge on any atom is -0.791 e. The lowest BCUT2D eigenvalue weighted by Crippen LogP contribution is -2.48. The van der Waals surface area contributed by atoms with Crippen LogP contribution in [0.3, 0.4) is 0 Å². The fourth-order valence-corrected chi connectivity index (χ4v) is 1.94. The summed E-state index contributed by atoms with van der Waals surface area (Å²) in [6.07, 6.45) is 0. The molecule has 0 unspecified atom stereocenters. The Bertz CT molecular complexity index is 406. The van der Waals surface area contributed by atoms with Gasteiger partial charge >= 0.3 is 0 Å². The quantitative estimate of drug-likeness (QED) is 0.779. The molecule has 0 atom stereocenters. The highest BCUT2D eigenvalue weighted by Gasteiger charge is 2.32. The predicted octanol–water partition coefficient (Wildman–Crippen LogP) is 2.50. The summed E-state index contributed by atoms with van der Waals surface area (Å²) in [5.41, 5.74) is -0.924. The Kier molecular flexibility index (Phi) is 5.35. The lowest BCUT2D eigenvalue weighted by Gasteiger charge is -2.30. The Morgan fingerprint density at radius 2 is 1.94 bits per heavy atom. The minimum atomic E-state index is -0.924. The van der Waals surface area contributed by atoms with Crippen molar-refractivity contribution in [2.75, 3.05) is 19.3 Å². The molecule has 0 aromatic heterocycles. The summed E-state index contributed by atoms with van der Waals surface area (Å²) in [5, 5.41) is 0.634. The number of halogens is 1. The Hall–Kier alpha value is -0.870. The third-order valence-corrected chi connectivity index (χ3v) is 2.91. The molecule has 3 nitrogen and oxygen atoms in total. The molecule has 0 saturated carbocycles. The topological polar surface area (TPSA) is 29.5 Å². The first kappa shape index (κ1) is 15.2. The Balaban J connectivity index is 2.74. The van der Waals surface area contributed by atoms with Crippen molar-refractivity contribution in [1.29, 1.82) is 0 Å². The smallest absolute Gasteiger partial charge is 0.265 e. The van der Waals surface area contributed by atoms with E-state index in [9.17, 15) is 4.79 Å². The van der Waals surface area contributed by atoms with Crippen molar-refractivity contribution in [1.82, 2.24) is 4.90 Å². The number of carbonyl (C=O) groups is 1. The van der Waals surface area contributed by atoms with E-state index in [0.29, 0.717) is 23.1 Å². The van der Waals surface area contributed by atoms with E-state index >= 15 is 0 Å². The average molecular weight is 287 g/mol. The molecule has 18 heavy (non-hydrogen) atoms. The molecule has 1 amide bonds. The first-order valence-corrected chi connectivity index (χ1v) is 6.60. The van der Waals surface area contributed by atoms with E-state index in [1.54, 1.807) is 50.1 Å². The van der Waals surface area contributed by atoms with Crippen LogP contribution in [0.2, 0.25) is 5.02 Å². The van der Waals surface area contributed by atoms with Crippen molar-refractivity contribution in [2.45, 2.75) is 19.4 Å². The molecular weight excluding hydrogens is 270 g/mol. The molecule has 0 bridgehead atoms. The van der Waals surface area contributed by atoms with E-state index in [0.717, 1.165) is 0 Å². The van der Waals surface area contributed by atoms with Gasteiger partial charge in [-0.25, -0.2) is 0 Å². The maximum atomic E-state index is 12.2. The van der Waals surface area contributed by atoms with Crippen LogP contribution in [-0.2, 0) is 17.4 Å². The van der Waals surface area contributed by atoms with Gasteiger partial charge in [-0.1, -0.05) is 11.6 Å². The molecule has 0 radical (unpaired) electrons. The number of amides is 1. The molecule has 0 fully saturated rings. The van der Waals surface area contributed by atoms with Gasteiger partial charge in [0, 0.05) is 12.1 Å². The predicted molar refractivity (Wildman–Crippen MR) is 76.0 cm³/mol. The van der Waals surface area contributed by atoms with Gasteiger partial charge in [-0.15, -0.1) is 0 Å². The van der Waals surface area contributed by atoms with Crippen molar-refractivity contribution in [3.8, 4) is 5.75 Å². The van der Waals surface area contributed by atoms with Crippen molar-refractivity contribution in [3.63, 3.8) is 0 Å². The minimum absolute atomic E-state index is 0.0951. The zero-order chi connectivity index (χ0) is 13.8. The number of carbonyl (C=O) groups excluding carboxylic acids is 1. The first-order valence-electron chi connectivity index (χ1n) is 5.65.